The SMILES string of the molecule is CNC(Cc1c(F)cccc1Cl)c1cc(C)sc1C. The summed E-state index contributed by atoms with van der Waals surface area (Å²) in [5, 5.41) is 3.75. The van der Waals surface area contributed by atoms with Crippen LogP contribution in [-0.4, -0.2) is 7.05 Å². The molecule has 1 nitrogen and oxygen atoms in total. The third-order valence-corrected chi connectivity index (χ3v) is 4.61. The summed E-state index contributed by atoms with van der Waals surface area (Å²) in [7, 11) is 1.89. The van der Waals surface area contributed by atoms with Crippen LogP contribution in [0.5, 0.6) is 0 Å². The van der Waals surface area contributed by atoms with E-state index in [1.165, 1.54) is 21.4 Å². The number of benzene rings is 1. The average molecular weight is 298 g/mol. The predicted octanol–water partition coefficient (Wildman–Crippen LogP) is 4.66. The molecule has 0 radical (unpaired) electrons. The van der Waals surface area contributed by atoms with Gasteiger partial charge < -0.3 is 5.32 Å². The van der Waals surface area contributed by atoms with Crippen LogP contribution in [0.15, 0.2) is 24.3 Å². The van der Waals surface area contributed by atoms with Crippen molar-refractivity contribution in [2.45, 2.75) is 26.3 Å². The highest BCUT2D eigenvalue weighted by Crippen LogP contribution is 2.30. The fourth-order valence-corrected chi connectivity index (χ4v) is 3.52. The van der Waals surface area contributed by atoms with E-state index in [1.807, 2.05) is 7.05 Å². The van der Waals surface area contributed by atoms with E-state index in [2.05, 4.69) is 25.2 Å². The lowest BCUT2D eigenvalue weighted by Crippen LogP contribution is -2.19. The molecule has 0 spiro atoms. The van der Waals surface area contributed by atoms with Crippen molar-refractivity contribution in [3.8, 4) is 0 Å². The van der Waals surface area contributed by atoms with Gasteiger partial charge in [-0.05, 0) is 51.1 Å². The molecule has 0 saturated carbocycles. The molecule has 2 rings (SSSR count). The molecule has 2 aromatic rings. The summed E-state index contributed by atoms with van der Waals surface area (Å²) in [6, 6.07) is 7.07. The molecule has 1 aromatic carbocycles. The van der Waals surface area contributed by atoms with E-state index in [0.717, 1.165) is 0 Å². The normalized spacial score (nSPS) is 12.7. The molecule has 4 heteroatoms. The molecule has 0 aliphatic carbocycles. The lowest BCUT2D eigenvalue weighted by molar-refractivity contribution is 0.554. The topological polar surface area (TPSA) is 12.0 Å². The first kappa shape index (κ1) is 14.5. The quantitative estimate of drug-likeness (QED) is 0.865. The molecular weight excluding hydrogens is 281 g/mol. The van der Waals surface area contributed by atoms with Gasteiger partial charge in [0.1, 0.15) is 5.82 Å². The summed E-state index contributed by atoms with van der Waals surface area (Å²) in [5.74, 6) is -0.239. The van der Waals surface area contributed by atoms with Crippen LogP contribution in [0, 0.1) is 19.7 Å². The Kier molecular flexibility index (Phi) is 4.61. The van der Waals surface area contributed by atoms with E-state index < -0.39 is 0 Å². The van der Waals surface area contributed by atoms with Gasteiger partial charge in [-0.1, -0.05) is 17.7 Å². The summed E-state index contributed by atoms with van der Waals surface area (Å²) in [5.41, 5.74) is 1.80. The molecular formula is C15H17ClFNS. The van der Waals surface area contributed by atoms with Gasteiger partial charge in [-0.3, -0.25) is 0 Å². The molecule has 102 valence electrons. The van der Waals surface area contributed by atoms with Crippen molar-refractivity contribution in [2.24, 2.45) is 0 Å². The smallest absolute Gasteiger partial charge is 0.127 e. The number of thiophene rings is 1. The average Bonchev–Trinajstić information content (AvgIpc) is 2.68. The first-order valence-corrected chi connectivity index (χ1v) is 7.39. The summed E-state index contributed by atoms with van der Waals surface area (Å²) < 4.78 is 13.9. The Morgan fingerprint density at radius 3 is 2.63 bits per heavy atom. The van der Waals surface area contributed by atoms with Crippen molar-refractivity contribution >= 4 is 22.9 Å². The van der Waals surface area contributed by atoms with E-state index in [1.54, 1.807) is 23.5 Å². The van der Waals surface area contributed by atoms with Crippen LogP contribution >= 0.6 is 22.9 Å². The van der Waals surface area contributed by atoms with Gasteiger partial charge in [0.05, 0.1) is 0 Å². The minimum Gasteiger partial charge on any atom is -0.313 e. The largest absolute Gasteiger partial charge is 0.313 e. The molecule has 19 heavy (non-hydrogen) atoms. The van der Waals surface area contributed by atoms with E-state index in [9.17, 15) is 4.39 Å². The third kappa shape index (κ3) is 3.16. The number of likely N-dealkylation sites (N-methyl/N-ethyl adjacent to an activating group) is 1. The van der Waals surface area contributed by atoms with Crippen LogP contribution in [0.4, 0.5) is 4.39 Å². The Bertz CT molecular complexity index is 559. The van der Waals surface area contributed by atoms with E-state index in [0.29, 0.717) is 17.0 Å². The summed E-state index contributed by atoms with van der Waals surface area (Å²) in [6.45, 7) is 4.18. The monoisotopic (exact) mass is 297 g/mol. The lowest BCUT2D eigenvalue weighted by atomic mass is 9.99. The maximum absolute atomic E-state index is 13.9. The zero-order chi connectivity index (χ0) is 14.0. The van der Waals surface area contributed by atoms with Gasteiger partial charge >= 0.3 is 0 Å². The molecule has 1 unspecified atom stereocenters. The van der Waals surface area contributed by atoms with Crippen molar-refractivity contribution < 1.29 is 4.39 Å². The third-order valence-electron chi connectivity index (χ3n) is 3.27. The number of aryl methyl sites for hydroxylation is 2. The molecule has 1 atom stereocenters. The number of hydrogen-bond acceptors (Lipinski definition) is 2. The van der Waals surface area contributed by atoms with Crippen LogP contribution in [0.1, 0.15) is 26.9 Å². The molecule has 1 heterocycles. The van der Waals surface area contributed by atoms with Gasteiger partial charge in [-0.2, -0.15) is 0 Å². The van der Waals surface area contributed by atoms with Crippen molar-refractivity contribution in [1.29, 1.82) is 0 Å². The molecule has 0 aliphatic heterocycles. The second kappa shape index (κ2) is 6.04. The number of hydrogen-bond donors (Lipinski definition) is 1. The van der Waals surface area contributed by atoms with Crippen LogP contribution in [0.2, 0.25) is 5.02 Å². The van der Waals surface area contributed by atoms with Gasteiger partial charge in [-0.15, -0.1) is 11.3 Å². The van der Waals surface area contributed by atoms with Gasteiger partial charge in [0.25, 0.3) is 0 Å². The van der Waals surface area contributed by atoms with Crippen molar-refractivity contribution in [3.05, 3.63) is 56.0 Å². The Balaban J connectivity index is 2.32. The molecule has 0 saturated heterocycles. The van der Waals surface area contributed by atoms with Crippen LogP contribution in [0.3, 0.4) is 0 Å². The Morgan fingerprint density at radius 1 is 1.37 bits per heavy atom. The minimum atomic E-state index is -0.239. The van der Waals surface area contributed by atoms with Crippen molar-refractivity contribution in [1.82, 2.24) is 5.32 Å². The highest BCUT2D eigenvalue weighted by Gasteiger charge is 2.18. The molecule has 0 bridgehead atoms. The molecule has 1 aromatic heterocycles. The standard InChI is InChI=1S/C15H17ClFNS/c1-9-7-11(10(2)19-9)15(18-3)8-12-13(16)5-4-6-14(12)17/h4-7,15,18H,8H2,1-3H3. The fourth-order valence-electron chi connectivity index (χ4n) is 2.30. The fraction of sp³-hybridized carbons (Fsp3) is 0.333. The summed E-state index contributed by atoms with van der Waals surface area (Å²) in [6.07, 6.45) is 0.555. The van der Waals surface area contributed by atoms with Crippen LogP contribution in [-0.2, 0) is 6.42 Å². The second-order valence-corrected chi connectivity index (χ2v) is 6.48. The number of nitrogens with one attached hydrogen (secondary N) is 1. The first-order valence-electron chi connectivity index (χ1n) is 6.20. The zero-order valence-electron chi connectivity index (χ0n) is 11.3. The van der Waals surface area contributed by atoms with Gasteiger partial charge in [0.2, 0.25) is 0 Å². The van der Waals surface area contributed by atoms with E-state index >= 15 is 0 Å². The maximum atomic E-state index is 13.9. The molecule has 0 fully saturated rings. The summed E-state index contributed by atoms with van der Waals surface area (Å²) >= 11 is 7.86. The highest BCUT2D eigenvalue weighted by atomic mass is 35.5. The van der Waals surface area contributed by atoms with Crippen LogP contribution in [0.25, 0.3) is 0 Å². The van der Waals surface area contributed by atoms with Crippen molar-refractivity contribution in [2.75, 3.05) is 7.05 Å². The highest BCUT2D eigenvalue weighted by molar-refractivity contribution is 7.12. The van der Waals surface area contributed by atoms with Gasteiger partial charge in [0, 0.05) is 26.4 Å². The Morgan fingerprint density at radius 2 is 2.11 bits per heavy atom. The molecule has 1 N–H and O–H groups in total. The van der Waals surface area contributed by atoms with E-state index in [-0.39, 0.29) is 11.9 Å². The van der Waals surface area contributed by atoms with Gasteiger partial charge in [-0.25, -0.2) is 4.39 Å². The molecule has 0 aliphatic rings. The summed E-state index contributed by atoms with van der Waals surface area (Å²) in [4.78, 5) is 2.54. The second-order valence-electron chi connectivity index (χ2n) is 4.61. The zero-order valence-corrected chi connectivity index (χ0v) is 12.8. The van der Waals surface area contributed by atoms with Crippen molar-refractivity contribution in [3.63, 3.8) is 0 Å². The Labute approximate surface area is 122 Å². The van der Waals surface area contributed by atoms with Gasteiger partial charge in [0.15, 0.2) is 0 Å². The number of halogens is 2. The minimum absolute atomic E-state index is 0.0827. The van der Waals surface area contributed by atoms with Crippen LogP contribution < -0.4 is 5.32 Å². The molecule has 0 amide bonds. The first-order chi connectivity index (χ1) is 9.02. The predicted molar refractivity (Wildman–Crippen MR) is 80.7 cm³/mol. The Hall–Kier alpha value is -0.900. The number of rotatable bonds is 4. The van der Waals surface area contributed by atoms with E-state index in [4.69, 9.17) is 11.6 Å². The maximum Gasteiger partial charge on any atom is 0.127 e. The lowest BCUT2D eigenvalue weighted by Gasteiger charge is -2.17.